The van der Waals surface area contributed by atoms with E-state index in [1.54, 1.807) is 13.4 Å². The Morgan fingerprint density at radius 2 is 2.26 bits per heavy atom. The van der Waals surface area contributed by atoms with Crippen molar-refractivity contribution >= 4 is 0 Å². The van der Waals surface area contributed by atoms with Crippen molar-refractivity contribution in [1.82, 2.24) is 29.9 Å². The summed E-state index contributed by atoms with van der Waals surface area (Å²) >= 11 is 0. The molecule has 104 valence electrons. The largest absolute Gasteiger partial charge is 0.383 e. The van der Waals surface area contributed by atoms with E-state index in [4.69, 9.17) is 4.74 Å². The van der Waals surface area contributed by atoms with E-state index in [2.05, 4.69) is 20.5 Å². The summed E-state index contributed by atoms with van der Waals surface area (Å²) in [6.07, 6.45) is 4.30. The summed E-state index contributed by atoms with van der Waals surface area (Å²) in [5.74, 6) is 0.943. The van der Waals surface area contributed by atoms with Crippen molar-refractivity contribution in [3.8, 4) is 0 Å². The smallest absolute Gasteiger partial charge is 0.140 e. The van der Waals surface area contributed by atoms with Crippen LogP contribution < -0.4 is 5.32 Å². The van der Waals surface area contributed by atoms with Gasteiger partial charge in [0.1, 0.15) is 12.2 Å². The molecular formula is C12H20N6O. The lowest BCUT2D eigenvalue weighted by atomic mass is 10.3. The van der Waals surface area contributed by atoms with Gasteiger partial charge in [0.05, 0.1) is 13.2 Å². The molecule has 0 fully saturated rings. The van der Waals surface area contributed by atoms with Crippen LogP contribution in [0.2, 0.25) is 0 Å². The maximum atomic E-state index is 4.99. The lowest BCUT2D eigenvalue weighted by molar-refractivity contribution is 0.198. The van der Waals surface area contributed by atoms with E-state index in [1.807, 2.05) is 28.7 Å². The maximum absolute atomic E-state index is 4.99. The molecule has 19 heavy (non-hydrogen) atoms. The van der Waals surface area contributed by atoms with Crippen LogP contribution in [-0.2, 0) is 31.3 Å². The quantitative estimate of drug-likeness (QED) is 0.679. The molecule has 0 amide bonds. The second-order valence-corrected chi connectivity index (χ2v) is 4.27. The molecule has 0 saturated heterocycles. The maximum Gasteiger partial charge on any atom is 0.140 e. The number of aromatic nitrogens is 5. The van der Waals surface area contributed by atoms with E-state index in [0.29, 0.717) is 13.2 Å². The number of nitrogens with one attached hydrogen (secondary N) is 1. The van der Waals surface area contributed by atoms with Gasteiger partial charge in [-0.25, -0.2) is 9.67 Å². The van der Waals surface area contributed by atoms with Crippen LogP contribution in [0.4, 0.5) is 0 Å². The first-order valence-electron chi connectivity index (χ1n) is 6.34. The standard InChI is InChI=1S/C12H20N6O/c1-17-11(3-5-15-17)4-7-18-12(14-10-16-18)9-13-6-8-19-2/h3,5,10,13H,4,6-9H2,1-2H3. The molecule has 2 heterocycles. The van der Waals surface area contributed by atoms with Gasteiger partial charge in [-0.05, 0) is 6.07 Å². The molecule has 7 heteroatoms. The Hall–Kier alpha value is -1.73. The van der Waals surface area contributed by atoms with Crippen molar-refractivity contribution in [2.24, 2.45) is 7.05 Å². The Morgan fingerprint density at radius 3 is 3.00 bits per heavy atom. The first-order chi connectivity index (χ1) is 9.31. The highest BCUT2D eigenvalue weighted by atomic mass is 16.5. The fourth-order valence-electron chi connectivity index (χ4n) is 1.85. The zero-order chi connectivity index (χ0) is 13.5. The molecule has 0 aliphatic rings. The topological polar surface area (TPSA) is 69.8 Å². The van der Waals surface area contributed by atoms with Crippen molar-refractivity contribution in [2.75, 3.05) is 20.3 Å². The molecule has 2 rings (SSSR count). The number of hydrogen-bond donors (Lipinski definition) is 1. The molecule has 0 radical (unpaired) electrons. The van der Waals surface area contributed by atoms with Gasteiger partial charge in [0.25, 0.3) is 0 Å². The van der Waals surface area contributed by atoms with Gasteiger partial charge in [-0.1, -0.05) is 0 Å². The van der Waals surface area contributed by atoms with Crippen LogP contribution in [0.3, 0.4) is 0 Å². The van der Waals surface area contributed by atoms with Crippen molar-refractivity contribution in [3.05, 3.63) is 30.1 Å². The Labute approximate surface area is 112 Å². The second kappa shape index (κ2) is 7.01. The highest BCUT2D eigenvalue weighted by molar-refractivity contribution is 5.00. The minimum atomic E-state index is 0.698. The van der Waals surface area contributed by atoms with Gasteiger partial charge in [-0.2, -0.15) is 10.2 Å². The highest BCUT2D eigenvalue weighted by Crippen LogP contribution is 2.01. The Morgan fingerprint density at radius 1 is 1.37 bits per heavy atom. The number of nitrogens with zero attached hydrogens (tertiary/aromatic N) is 5. The molecule has 0 aliphatic carbocycles. The third-order valence-electron chi connectivity index (χ3n) is 2.96. The molecule has 2 aromatic rings. The molecular weight excluding hydrogens is 244 g/mol. The summed E-state index contributed by atoms with van der Waals surface area (Å²) in [4.78, 5) is 4.26. The summed E-state index contributed by atoms with van der Waals surface area (Å²) < 4.78 is 8.79. The van der Waals surface area contributed by atoms with Crippen LogP contribution >= 0.6 is 0 Å². The summed E-state index contributed by atoms with van der Waals surface area (Å²) in [5.41, 5.74) is 1.19. The average molecular weight is 264 g/mol. The van der Waals surface area contributed by atoms with Gasteiger partial charge in [-0.3, -0.25) is 4.68 Å². The van der Waals surface area contributed by atoms with Gasteiger partial charge >= 0.3 is 0 Å². The van der Waals surface area contributed by atoms with Gasteiger partial charge in [0, 0.05) is 45.6 Å². The van der Waals surface area contributed by atoms with Crippen molar-refractivity contribution < 1.29 is 4.74 Å². The van der Waals surface area contributed by atoms with Crippen LogP contribution in [0.15, 0.2) is 18.6 Å². The minimum absolute atomic E-state index is 0.698. The predicted molar refractivity (Wildman–Crippen MR) is 70.5 cm³/mol. The van der Waals surface area contributed by atoms with Gasteiger partial charge in [0.15, 0.2) is 0 Å². The molecule has 0 unspecified atom stereocenters. The second-order valence-electron chi connectivity index (χ2n) is 4.27. The van der Waals surface area contributed by atoms with Crippen LogP contribution in [0.1, 0.15) is 11.5 Å². The van der Waals surface area contributed by atoms with E-state index >= 15 is 0 Å². The van der Waals surface area contributed by atoms with Gasteiger partial charge in [-0.15, -0.1) is 0 Å². The fourth-order valence-corrected chi connectivity index (χ4v) is 1.85. The molecule has 0 spiro atoms. The average Bonchev–Trinajstić information content (AvgIpc) is 3.01. The zero-order valence-corrected chi connectivity index (χ0v) is 11.4. The molecule has 7 nitrogen and oxygen atoms in total. The van der Waals surface area contributed by atoms with Crippen molar-refractivity contribution in [3.63, 3.8) is 0 Å². The van der Waals surface area contributed by atoms with E-state index in [1.165, 1.54) is 5.69 Å². The molecule has 0 bridgehead atoms. The number of hydrogen-bond acceptors (Lipinski definition) is 5. The Bertz CT molecular complexity index is 492. The van der Waals surface area contributed by atoms with Crippen LogP contribution in [0.5, 0.6) is 0 Å². The number of rotatable bonds is 8. The molecule has 0 aromatic carbocycles. The van der Waals surface area contributed by atoms with E-state index in [0.717, 1.165) is 25.3 Å². The number of ether oxygens (including phenoxy) is 1. The summed E-state index contributed by atoms with van der Waals surface area (Å²) in [5, 5.41) is 11.7. The molecule has 1 N–H and O–H groups in total. The monoisotopic (exact) mass is 264 g/mol. The molecule has 0 aliphatic heterocycles. The highest BCUT2D eigenvalue weighted by Gasteiger charge is 2.05. The van der Waals surface area contributed by atoms with Gasteiger partial charge < -0.3 is 10.1 Å². The van der Waals surface area contributed by atoms with Crippen LogP contribution in [0, 0.1) is 0 Å². The van der Waals surface area contributed by atoms with Crippen molar-refractivity contribution in [1.29, 1.82) is 0 Å². The van der Waals surface area contributed by atoms with Gasteiger partial charge in [0.2, 0.25) is 0 Å². The molecule has 2 aromatic heterocycles. The van der Waals surface area contributed by atoms with Crippen molar-refractivity contribution in [2.45, 2.75) is 19.5 Å². The Balaban J connectivity index is 1.83. The molecule has 0 atom stereocenters. The van der Waals surface area contributed by atoms with Crippen LogP contribution in [-0.4, -0.2) is 44.8 Å². The minimum Gasteiger partial charge on any atom is -0.383 e. The lowest BCUT2D eigenvalue weighted by Gasteiger charge is -2.07. The first-order valence-corrected chi connectivity index (χ1v) is 6.34. The van der Waals surface area contributed by atoms with E-state index < -0.39 is 0 Å². The third kappa shape index (κ3) is 3.87. The van der Waals surface area contributed by atoms with E-state index in [-0.39, 0.29) is 0 Å². The van der Waals surface area contributed by atoms with Crippen LogP contribution in [0.25, 0.3) is 0 Å². The fraction of sp³-hybridized carbons (Fsp3) is 0.583. The number of methoxy groups -OCH3 is 1. The number of aryl methyl sites for hydroxylation is 3. The Kier molecular flexibility index (Phi) is 5.05. The SMILES string of the molecule is COCCNCc1ncnn1CCc1ccnn1C. The lowest BCUT2D eigenvalue weighted by Crippen LogP contribution is -2.22. The summed E-state index contributed by atoms with van der Waals surface area (Å²) in [7, 11) is 3.64. The summed E-state index contributed by atoms with van der Waals surface area (Å²) in [6.45, 7) is 3.02. The molecule has 0 saturated carbocycles. The van der Waals surface area contributed by atoms with E-state index in [9.17, 15) is 0 Å². The first kappa shape index (κ1) is 13.7. The summed E-state index contributed by atoms with van der Waals surface area (Å²) in [6, 6.07) is 2.02. The predicted octanol–water partition coefficient (Wildman–Crippen LogP) is -0.00970. The normalized spacial score (nSPS) is 11.1. The zero-order valence-electron chi connectivity index (χ0n) is 11.4. The third-order valence-corrected chi connectivity index (χ3v) is 2.96.